The summed E-state index contributed by atoms with van der Waals surface area (Å²) in [5.41, 5.74) is 1.61. The number of pyridine rings is 1. The topological polar surface area (TPSA) is 39.2 Å². The highest BCUT2D eigenvalue weighted by Gasteiger charge is 2.11. The third-order valence-electron chi connectivity index (χ3n) is 2.22. The van der Waals surface area contributed by atoms with Crippen LogP contribution in [0.15, 0.2) is 18.3 Å². The van der Waals surface area contributed by atoms with E-state index in [1.807, 2.05) is 26.0 Å². The van der Waals surface area contributed by atoms with Crippen molar-refractivity contribution in [1.82, 2.24) is 4.98 Å². The average Bonchev–Trinajstić information content (AvgIpc) is 2.18. The molecule has 0 spiro atoms. The summed E-state index contributed by atoms with van der Waals surface area (Å²) >= 11 is 0. The molecule has 0 aliphatic rings. The van der Waals surface area contributed by atoms with E-state index < -0.39 is 0 Å². The van der Waals surface area contributed by atoms with E-state index in [2.05, 4.69) is 4.98 Å². The van der Waals surface area contributed by atoms with Gasteiger partial charge in [0.25, 0.3) is 0 Å². The maximum atomic E-state index is 11.7. The Balaban J connectivity index is 2.57. The molecular weight excluding hydrogens is 190 g/mol. The molecule has 82 valence electrons. The van der Waals surface area contributed by atoms with Crippen molar-refractivity contribution in [2.24, 2.45) is 5.92 Å². The first-order valence-corrected chi connectivity index (χ1v) is 5.08. The van der Waals surface area contributed by atoms with Crippen LogP contribution in [0.4, 0.5) is 0 Å². The van der Waals surface area contributed by atoms with Gasteiger partial charge in [-0.15, -0.1) is 0 Å². The molecule has 3 heteroatoms. The second kappa shape index (κ2) is 5.61. The first-order chi connectivity index (χ1) is 7.13. The number of nitrogens with zero attached hydrogens (tertiary/aromatic N) is 1. The Labute approximate surface area is 90.5 Å². The van der Waals surface area contributed by atoms with Crippen molar-refractivity contribution in [1.29, 1.82) is 0 Å². The van der Waals surface area contributed by atoms with Crippen molar-refractivity contribution in [3.8, 4) is 0 Å². The second-order valence-electron chi connectivity index (χ2n) is 3.88. The number of rotatable bonds is 5. The van der Waals surface area contributed by atoms with Crippen LogP contribution >= 0.6 is 0 Å². The van der Waals surface area contributed by atoms with Crippen molar-refractivity contribution in [3.63, 3.8) is 0 Å². The van der Waals surface area contributed by atoms with Crippen LogP contribution in [-0.2, 0) is 4.74 Å². The van der Waals surface area contributed by atoms with E-state index in [1.54, 1.807) is 13.3 Å². The lowest BCUT2D eigenvalue weighted by Gasteiger charge is -2.08. The number of ketones is 1. The largest absolute Gasteiger partial charge is 0.384 e. The van der Waals surface area contributed by atoms with Crippen LogP contribution in [0, 0.1) is 12.8 Å². The third-order valence-corrected chi connectivity index (χ3v) is 2.22. The van der Waals surface area contributed by atoms with Crippen molar-refractivity contribution in [2.45, 2.75) is 20.3 Å². The molecule has 0 amide bonds. The number of ether oxygens (including phenoxy) is 1. The highest BCUT2D eigenvalue weighted by molar-refractivity contribution is 5.95. The maximum absolute atomic E-state index is 11.7. The zero-order chi connectivity index (χ0) is 11.3. The summed E-state index contributed by atoms with van der Waals surface area (Å²) in [4.78, 5) is 15.8. The minimum atomic E-state index is 0.132. The second-order valence-corrected chi connectivity index (χ2v) is 3.88. The molecule has 1 aromatic rings. The van der Waals surface area contributed by atoms with Crippen LogP contribution in [0.3, 0.4) is 0 Å². The van der Waals surface area contributed by atoms with E-state index in [9.17, 15) is 4.79 Å². The van der Waals surface area contributed by atoms with Crippen LogP contribution in [-0.4, -0.2) is 24.5 Å². The lowest BCUT2D eigenvalue weighted by Crippen LogP contribution is -2.11. The molecule has 1 heterocycles. The summed E-state index contributed by atoms with van der Waals surface area (Å²) in [6.07, 6.45) is 2.15. The molecule has 0 aromatic carbocycles. The Morgan fingerprint density at radius 3 is 2.80 bits per heavy atom. The predicted octanol–water partition coefficient (Wildman–Crippen LogP) is 2.25. The summed E-state index contributed by atoms with van der Waals surface area (Å²) in [6, 6.07) is 3.68. The molecule has 0 saturated carbocycles. The average molecular weight is 207 g/mol. The number of hydrogen-bond acceptors (Lipinski definition) is 3. The Bertz CT molecular complexity index is 319. The highest BCUT2D eigenvalue weighted by atomic mass is 16.5. The Kier molecular flexibility index (Phi) is 4.43. The number of carbonyl (C=O) groups excluding carboxylic acids is 1. The lowest BCUT2D eigenvalue weighted by atomic mass is 10.0. The van der Waals surface area contributed by atoms with Crippen molar-refractivity contribution in [3.05, 3.63) is 29.6 Å². The van der Waals surface area contributed by atoms with Crippen LogP contribution in [0.5, 0.6) is 0 Å². The maximum Gasteiger partial charge on any atom is 0.164 e. The van der Waals surface area contributed by atoms with Crippen molar-refractivity contribution in [2.75, 3.05) is 13.7 Å². The summed E-state index contributed by atoms with van der Waals surface area (Å²) in [5.74, 6) is 0.385. The molecule has 3 nitrogen and oxygen atoms in total. The van der Waals surface area contributed by atoms with Gasteiger partial charge in [-0.05, 0) is 25.0 Å². The molecule has 0 bridgehead atoms. The van der Waals surface area contributed by atoms with E-state index in [1.165, 1.54) is 0 Å². The molecule has 1 atom stereocenters. The van der Waals surface area contributed by atoms with Gasteiger partial charge in [0.15, 0.2) is 5.78 Å². The summed E-state index contributed by atoms with van der Waals surface area (Å²) in [7, 11) is 1.65. The first-order valence-electron chi connectivity index (χ1n) is 5.08. The van der Waals surface area contributed by atoms with Gasteiger partial charge in [0.1, 0.15) is 0 Å². The highest BCUT2D eigenvalue weighted by Crippen LogP contribution is 2.09. The van der Waals surface area contributed by atoms with Gasteiger partial charge in [0.05, 0.1) is 0 Å². The molecule has 15 heavy (non-hydrogen) atoms. The van der Waals surface area contributed by atoms with Gasteiger partial charge in [-0.1, -0.05) is 6.92 Å². The van der Waals surface area contributed by atoms with E-state index >= 15 is 0 Å². The van der Waals surface area contributed by atoms with Gasteiger partial charge in [-0.2, -0.15) is 0 Å². The summed E-state index contributed by atoms with van der Waals surface area (Å²) in [6.45, 7) is 4.52. The Morgan fingerprint density at radius 1 is 1.53 bits per heavy atom. The van der Waals surface area contributed by atoms with E-state index in [-0.39, 0.29) is 11.7 Å². The van der Waals surface area contributed by atoms with Gasteiger partial charge in [-0.25, -0.2) is 0 Å². The predicted molar refractivity (Wildman–Crippen MR) is 59.0 cm³/mol. The molecule has 0 saturated heterocycles. The number of Topliss-reactive ketones (excluding diaryl/α,β-unsaturated/α-hetero) is 1. The summed E-state index contributed by atoms with van der Waals surface area (Å²) < 4.78 is 4.99. The number of carbonyl (C=O) groups is 1. The van der Waals surface area contributed by atoms with E-state index in [0.717, 1.165) is 5.69 Å². The van der Waals surface area contributed by atoms with Gasteiger partial charge >= 0.3 is 0 Å². The normalized spacial score (nSPS) is 12.5. The lowest BCUT2D eigenvalue weighted by molar-refractivity contribution is 0.0919. The molecule has 1 unspecified atom stereocenters. The monoisotopic (exact) mass is 207 g/mol. The molecule has 1 rings (SSSR count). The first kappa shape index (κ1) is 11.9. The number of hydrogen-bond donors (Lipinski definition) is 0. The van der Waals surface area contributed by atoms with Crippen LogP contribution in [0.2, 0.25) is 0 Å². The SMILES string of the molecule is COCC(C)CC(=O)c1ccc(C)nc1. The Hall–Kier alpha value is -1.22. The summed E-state index contributed by atoms with van der Waals surface area (Å²) in [5, 5.41) is 0. The fourth-order valence-electron chi connectivity index (χ4n) is 1.41. The van der Waals surface area contributed by atoms with Crippen molar-refractivity contribution >= 4 is 5.78 Å². The van der Waals surface area contributed by atoms with Crippen molar-refractivity contribution < 1.29 is 9.53 Å². The van der Waals surface area contributed by atoms with Crippen LogP contribution in [0.25, 0.3) is 0 Å². The zero-order valence-corrected chi connectivity index (χ0v) is 9.49. The minimum Gasteiger partial charge on any atom is -0.384 e. The molecule has 0 aliphatic carbocycles. The van der Waals surface area contributed by atoms with E-state index in [4.69, 9.17) is 4.74 Å². The molecule has 0 aliphatic heterocycles. The molecule has 0 radical (unpaired) electrons. The quantitative estimate of drug-likeness (QED) is 0.695. The van der Waals surface area contributed by atoms with Crippen LogP contribution in [0.1, 0.15) is 29.4 Å². The Morgan fingerprint density at radius 2 is 2.27 bits per heavy atom. The standard InChI is InChI=1S/C12H17NO2/c1-9(8-15-3)6-12(14)11-5-4-10(2)13-7-11/h4-5,7,9H,6,8H2,1-3H3. The molecular formula is C12H17NO2. The fourth-order valence-corrected chi connectivity index (χ4v) is 1.41. The molecule has 1 aromatic heterocycles. The third kappa shape index (κ3) is 3.80. The molecule has 0 fully saturated rings. The number of methoxy groups -OCH3 is 1. The zero-order valence-electron chi connectivity index (χ0n) is 9.49. The van der Waals surface area contributed by atoms with Gasteiger partial charge in [-0.3, -0.25) is 9.78 Å². The van der Waals surface area contributed by atoms with Crippen LogP contribution < -0.4 is 0 Å². The van der Waals surface area contributed by atoms with Gasteiger partial charge in [0, 0.05) is 37.6 Å². The van der Waals surface area contributed by atoms with E-state index in [0.29, 0.717) is 18.6 Å². The molecule has 0 N–H and O–H groups in total. The number of aromatic nitrogens is 1. The van der Waals surface area contributed by atoms with Gasteiger partial charge in [0.2, 0.25) is 0 Å². The smallest absolute Gasteiger partial charge is 0.164 e. The minimum absolute atomic E-state index is 0.132. The fraction of sp³-hybridized carbons (Fsp3) is 0.500. The number of aryl methyl sites for hydroxylation is 1. The van der Waals surface area contributed by atoms with Gasteiger partial charge < -0.3 is 4.74 Å².